The highest BCUT2D eigenvalue weighted by Crippen LogP contribution is 2.28. The summed E-state index contributed by atoms with van der Waals surface area (Å²) in [5.41, 5.74) is 0.899. The second-order valence-electron chi connectivity index (χ2n) is 9.24. The Bertz CT molecular complexity index is 889. The number of carbonyl (C=O) groups is 1. The van der Waals surface area contributed by atoms with Crippen LogP contribution in [-0.4, -0.2) is 68.9 Å². The number of hydrogen-bond acceptors (Lipinski definition) is 7. The number of hydrogen-bond donors (Lipinski definition) is 0. The molecule has 0 bridgehead atoms. The van der Waals surface area contributed by atoms with E-state index in [-0.39, 0.29) is 12.2 Å². The zero-order chi connectivity index (χ0) is 22.1. The SMILES string of the molecule is CCn1c(N(C)CC(C)C)nc2c(O[C@H]3CCN(C(=O)OC(C)(C)C)C3)ncnc21. The van der Waals surface area contributed by atoms with Crippen molar-refractivity contribution in [1.82, 2.24) is 24.4 Å². The number of fused-ring (bicyclic) bond motifs is 1. The Morgan fingerprint density at radius 2 is 2.07 bits per heavy atom. The van der Waals surface area contributed by atoms with E-state index in [1.54, 1.807) is 4.90 Å². The molecule has 2 aromatic heterocycles. The molecule has 1 atom stereocenters. The monoisotopic (exact) mass is 418 g/mol. The summed E-state index contributed by atoms with van der Waals surface area (Å²) in [4.78, 5) is 29.8. The molecule has 0 unspecified atom stereocenters. The van der Waals surface area contributed by atoms with Crippen molar-refractivity contribution in [2.75, 3.05) is 31.6 Å². The number of aromatic nitrogens is 4. The molecular formula is C21H34N6O3. The van der Waals surface area contributed by atoms with Gasteiger partial charge in [0.05, 0.1) is 6.54 Å². The van der Waals surface area contributed by atoms with Crippen LogP contribution in [0, 0.1) is 5.92 Å². The Morgan fingerprint density at radius 3 is 2.70 bits per heavy atom. The zero-order valence-electron chi connectivity index (χ0n) is 19.2. The van der Waals surface area contributed by atoms with Crippen LogP contribution in [0.3, 0.4) is 0 Å². The number of rotatable bonds is 6. The van der Waals surface area contributed by atoms with Crippen molar-refractivity contribution in [1.29, 1.82) is 0 Å². The van der Waals surface area contributed by atoms with Gasteiger partial charge in [-0.15, -0.1) is 0 Å². The van der Waals surface area contributed by atoms with Gasteiger partial charge in [-0.05, 0) is 33.6 Å². The number of likely N-dealkylation sites (tertiary alicyclic amines) is 1. The topological polar surface area (TPSA) is 85.6 Å². The number of ether oxygens (including phenoxy) is 2. The molecule has 3 heterocycles. The molecule has 0 saturated carbocycles. The minimum absolute atomic E-state index is 0.153. The molecule has 9 heteroatoms. The van der Waals surface area contributed by atoms with E-state index >= 15 is 0 Å². The first kappa shape index (κ1) is 22.1. The summed E-state index contributed by atoms with van der Waals surface area (Å²) in [5, 5.41) is 0. The molecule has 0 radical (unpaired) electrons. The van der Waals surface area contributed by atoms with Gasteiger partial charge in [-0.2, -0.15) is 4.98 Å². The first-order valence-corrected chi connectivity index (χ1v) is 10.7. The Labute approximate surface area is 178 Å². The maximum atomic E-state index is 12.3. The first-order valence-electron chi connectivity index (χ1n) is 10.7. The summed E-state index contributed by atoms with van der Waals surface area (Å²) in [7, 11) is 2.04. The van der Waals surface area contributed by atoms with Crippen molar-refractivity contribution in [2.24, 2.45) is 5.92 Å². The Hall–Kier alpha value is -2.58. The predicted octanol–water partition coefficient (Wildman–Crippen LogP) is 3.33. The second-order valence-corrected chi connectivity index (χ2v) is 9.24. The van der Waals surface area contributed by atoms with Crippen LogP contribution in [0.2, 0.25) is 0 Å². The fraction of sp³-hybridized carbons (Fsp3) is 0.714. The van der Waals surface area contributed by atoms with Gasteiger partial charge in [0.1, 0.15) is 18.0 Å². The van der Waals surface area contributed by atoms with Gasteiger partial charge in [0.25, 0.3) is 0 Å². The molecule has 9 nitrogen and oxygen atoms in total. The molecule has 1 aliphatic rings. The van der Waals surface area contributed by atoms with Crippen molar-refractivity contribution in [3.63, 3.8) is 0 Å². The van der Waals surface area contributed by atoms with Gasteiger partial charge in [0, 0.05) is 33.1 Å². The standard InChI is InChI=1S/C21H34N6O3/c1-8-27-17-16(24-19(27)25(7)11-14(2)3)18(23-13-22-17)29-15-9-10-26(12-15)20(28)30-21(4,5)6/h13-15H,8-12H2,1-7H3/t15-/m0/s1. The Morgan fingerprint density at radius 1 is 1.33 bits per heavy atom. The molecule has 3 rings (SSSR count). The fourth-order valence-corrected chi connectivity index (χ4v) is 3.68. The normalized spacial score (nSPS) is 17.1. The van der Waals surface area contributed by atoms with Crippen LogP contribution in [-0.2, 0) is 11.3 Å². The molecule has 0 aromatic carbocycles. The quantitative estimate of drug-likeness (QED) is 0.711. The van der Waals surface area contributed by atoms with E-state index in [0.29, 0.717) is 30.4 Å². The van der Waals surface area contributed by atoms with Crippen LogP contribution in [0.1, 0.15) is 48.0 Å². The van der Waals surface area contributed by atoms with Crippen molar-refractivity contribution in [3.8, 4) is 5.88 Å². The first-order chi connectivity index (χ1) is 14.1. The van der Waals surface area contributed by atoms with Crippen LogP contribution in [0.25, 0.3) is 11.2 Å². The molecule has 0 spiro atoms. The van der Waals surface area contributed by atoms with Gasteiger partial charge >= 0.3 is 6.09 Å². The third kappa shape index (κ3) is 4.94. The lowest BCUT2D eigenvalue weighted by Crippen LogP contribution is -2.36. The number of amides is 1. The molecule has 0 aliphatic carbocycles. The average molecular weight is 419 g/mol. The molecule has 166 valence electrons. The predicted molar refractivity (Wildman–Crippen MR) is 116 cm³/mol. The van der Waals surface area contributed by atoms with E-state index in [9.17, 15) is 4.79 Å². The van der Waals surface area contributed by atoms with Gasteiger partial charge in [0.15, 0.2) is 11.2 Å². The van der Waals surface area contributed by atoms with Gasteiger partial charge in [0.2, 0.25) is 11.8 Å². The van der Waals surface area contributed by atoms with Gasteiger partial charge < -0.3 is 19.3 Å². The third-order valence-electron chi connectivity index (χ3n) is 4.85. The summed E-state index contributed by atoms with van der Waals surface area (Å²) in [6.45, 7) is 14.7. The lowest BCUT2D eigenvalue weighted by Gasteiger charge is -2.24. The fourth-order valence-electron chi connectivity index (χ4n) is 3.68. The van der Waals surface area contributed by atoms with Gasteiger partial charge in [-0.3, -0.25) is 4.57 Å². The number of aryl methyl sites for hydroxylation is 1. The summed E-state index contributed by atoms with van der Waals surface area (Å²) in [5.74, 6) is 1.83. The molecule has 0 N–H and O–H groups in total. The van der Waals surface area contributed by atoms with E-state index in [0.717, 1.165) is 31.1 Å². The Balaban J connectivity index is 1.79. The lowest BCUT2D eigenvalue weighted by molar-refractivity contribution is 0.0275. The maximum Gasteiger partial charge on any atom is 0.410 e. The molecule has 1 aliphatic heterocycles. The average Bonchev–Trinajstić information content (AvgIpc) is 3.24. The minimum atomic E-state index is -0.514. The van der Waals surface area contributed by atoms with Gasteiger partial charge in [-0.1, -0.05) is 13.8 Å². The number of anilines is 1. The molecule has 1 fully saturated rings. The highest BCUT2D eigenvalue weighted by molar-refractivity contribution is 5.79. The summed E-state index contributed by atoms with van der Waals surface area (Å²) in [6.07, 6.45) is 1.77. The minimum Gasteiger partial charge on any atom is -0.471 e. The van der Waals surface area contributed by atoms with E-state index < -0.39 is 5.60 Å². The maximum absolute atomic E-state index is 12.3. The molecular weight excluding hydrogens is 384 g/mol. The van der Waals surface area contributed by atoms with E-state index in [1.165, 1.54) is 6.33 Å². The highest BCUT2D eigenvalue weighted by Gasteiger charge is 2.32. The largest absolute Gasteiger partial charge is 0.471 e. The van der Waals surface area contributed by atoms with Crippen molar-refractivity contribution >= 4 is 23.2 Å². The summed E-state index contributed by atoms with van der Waals surface area (Å²) < 4.78 is 13.7. The number of carbonyl (C=O) groups excluding carboxylic acids is 1. The van der Waals surface area contributed by atoms with Gasteiger partial charge in [-0.25, -0.2) is 14.8 Å². The smallest absolute Gasteiger partial charge is 0.410 e. The molecule has 1 amide bonds. The van der Waals surface area contributed by atoms with Crippen LogP contribution >= 0.6 is 0 Å². The van der Waals surface area contributed by atoms with E-state index in [1.807, 2.05) is 27.8 Å². The summed E-state index contributed by atoms with van der Waals surface area (Å²) in [6, 6.07) is 0. The van der Waals surface area contributed by atoms with Crippen molar-refractivity contribution in [3.05, 3.63) is 6.33 Å². The van der Waals surface area contributed by atoms with Crippen LogP contribution < -0.4 is 9.64 Å². The summed E-state index contributed by atoms with van der Waals surface area (Å²) >= 11 is 0. The van der Waals surface area contributed by atoms with E-state index in [4.69, 9.17) is 14.5 Å². The lowest BCUT2D eigenvalue weighted by atomic mass is 10.2. The van der Waals surface area contributed by atoms with Crippen molar-refractivity contribution in [2.45, 2.75) is 66.2 Å². The highest BCUT2D eigenvalue weighted by atomic mass is 16.6. The van der Waals surface area contributed by atoms with Crippen LogP contribution in [0.5, 0.6) is 5.88 Å². The van der Waals surface area contributed by atoms with Crippen LogP contribution in [0.4, 0.5) is 10.7 Å². The van der Waals surface area contributed by atoms with E-state index in [2.05, 4.69) is 40.2 Å². The Kier molecular flexibility index (Phi) is 6.38. The zero-order valence-corrected chi connectivity index (χ0v) is 19.2. The number of nitrogens with zero attached hydrogens (tertiary/aromatic N) is 6. The number of imidazole rings is 1. The van der Waals surface area contributed by atoms with Crippen LogP contribution in [0.15, 0.2) is 6.33 Å². The molecule has 2 aromatic rings. The molecule has 1 saturated heterocycles. The van der Waals surface area contributed by atoms with Crippen molar-refractivity contribution < 1.29 is 14.3 Å². The third-order valence-corrected chi connectivity index (χ3v) is 4.85. The molecule has 30 heavy (non-hydrogen) atoms. The second kappa shape index (κ2) is 8.65.